The molecular formula is C13H16ClF3N2. The van der Waals surface area contributed by atoms with Gasteiger partial charge in [-0.1, -0.05) is 18.2 Å². The van der Waals surface area contributed by atoms with Crippen molar-refractivity contribution < 1.29 is 13.2 Å². The first kappa shape index (κ1) is 14.5. The summed E-state index contributed by atoms with van der Waals surface area (Å²) in [6.45, 7) is 3.01. The van der Waals surface area contributed by atoms with Gasteiger partial charge < -0.3 is 4.90 Å². The number of halogens is 4. The number of rotatable bonds is 2. The molecule has 0 saturated carbocycles. The molecule has 0 amide bonds. The largest absolute Gasteiger partial charge is 0.416 e. The van der Waals surface area contributed by atoms with E-state index in [9.17, 15) is 13.2 Å². The molecule has 0 N–H and O–H groups in total. The lowest BCUT2D eigenvalue weighted by atomic mass is 10.1. The standard InChI is InChI=1S/C13H16ClF3N2/c14-10-18-5-7-19(8-6-18)12-4-2-1-3-11(9-12)13(15,16)17/h1-3,9H,4-8,10H2. The summed E-state index contributed by atoms with van der Waals surface area (Å²) in [5.74, 6) is 0. The van der Waals surface area contributed by atoms with Gasteiger partial charge in [0.15, 0.2) is 0 Å². The maximum Gasteiger partial charge on any atom is 0.416 e. The van der Waals surface area contributed by atoms with Gasteiger partial charge in [0.2, 0.25) is 0 Å². The average molecular weight is 293 g/mol. The molecule has 19 heavy (non-hydrogen) atoms. The van der Waals surface area contributed by atoms with Crippen molar-refractivity contribution in [3.05, 3.63) is 35.6 Å². The lowest BCUT2D eigenvalue weighted by molar-refractivity contribution is -0.0883. The first-order valence-electron chi connectivity index (χ1n) is 6.18. The Kier molecular flexibility index (Phi) is 4.58. The van der Waals surface area contributed by atoms with Crippen molar-refractivity contribution in [2.75, 3.05) is 32.2 Å². The van der Waals surface area contributed by atoms with Crippen molar-refractivity contribution in [1.82, 2.24) is 9.80 Å². The van der Waals surface area contributed by atoms with E-state index in [2.05, 4.69) is 4.90 Å². The second-order valence-electron chi connectivity index (χ2n) is 4.61. The highest BCUT2D eigenvalue weighted by molar-refractivity contribution is 6.17. The van der Waals surface area contributed by atoms with Crippen LogP contribution in [0.15, 0.2) is 35.6 Å². The predicted molar refractivity (Wildman–Crippen MR) is 69.8 cm³/mol. The van der Waals surface area contributed by atoms with Gasteiger partial charge in [0.25, 0.3) is 0 Å². The van der Waals surface area contributed by atoms with Crippen LogP contribution in [0.5, 0.6) is 0 Å². The fraction of sp³-hybridized carbons (Fsp3) is 0.538. The molecule has 1 aliphatic carbocycles. The van der Waals surface area contributed by atoms with Gasteiger partial charge in [-0.2, -0.15) is 13.2 Å². The molecule has 2 aliphatic rings. The van der Waals surface area contributed by atoms with E-state index in [1.54, 1.807) is 6.08 Å². The van der Waals surface area contributed by atoms with Crippen molar-refractivity contribution in [3.63, 3.8) is 0 Å². The molecule has 0 aromatic heterocycles. The summed E-state index contributed by atoms with van der Waals surface area (Å²) in [7, 11) is 0. The molecule has 2 rings (SSSR count). The van der Waals surface area contributed by atoms with E-state index in [4.69, 9.17) is 11.6 Å². The van der Waals surface area contributed by atoms with Gasteiger partial charge >= 0.3 is 6.18 Å². The van der Waals surface area contributed by atoms with E-state index >= 15 is 0 Å². The Hall–Kier alpha value is -0.940. The minimum atomic E-state index is -4.29. The van der Waals surface area contributed by atoms with E-state index in [1.165, 1.54) is 12.2 Å². The van der Waals surface area contributed by atoms with Crippen molar-refractivity contribution in [1.29, 1.82) is 0 Å². The van der Waals surface area contributed by atoms with E-state index in [1.807, 2.05) is 4.90 Å². The molecule has 106 valence electrons. The van der Waals surface area contributed by atoms with Gasteiger partial charge in [0.1, 0.15) is 0 Å². The SMILES string of the molecule is FC(F)(F)C1=CC=CCC(N2CCN(CCl)CC2)=C1. The molecule has 0 spiro atoms. The smallest absolute Gasteiger partial charge is 0.372 e. The minimum Gasteiger partial charge on any atom is -0.372 e. The van der Waals surface area contributed by atoms with Gasteiger partial charge in [-0.05, 0) is 6.08 Å². The van der Waals surface area contributed by atoms with Crippen molar-refractivity contribution in [3.8, 4) is 0 Å². The number of hydrogen-bond donors (Lipinski definition) is 0. The Bertz CT molecular complexity index is 405. The Morgan fingerprint density at radius 3 is 2.42 bits per heavy atom. The summed E-state index contributed by atoms with van der Waals surface area (Å²) in [5.41, 5.74) is 0.141. The maximum atomic E-state index is 12.8. The second kappa shape index (κ2) is 6.01. The molecule has 0 radical (unpaired) electrons. The Labute approximate surface area is 115 Å². The molecule has 2 nitrogen and oxygen atoms in total. The molecule has 6 heteroatoms. The third-order valence-electron chi connectivity index (χ3n) is 3.34. The van der Waals surface area contributed by atoms with E-state index in [0.717, 1.165) is 38.0 Å². The van der Waals surface area contributed by atoms with Crippen LogP contribution in [-0.2, 0) is 0 Å². The van der Waals surface area contributed by atoms with Crippen molar-refractivity contribution >= 4 is 11.6 Å². The zero-order chi connectivity index (χ0) is 13.9. The van der Waals surface area contributed by atoms with Crippen LogP contribution in [0.25, 0.3) is 0 Å². The molecule has 1 saturated heterocycles. The van der Waals surface area contributed by atoms with Crippen LogP contribution in [0.1, 0.15) is 6.42 Å². The number of allylic oxidation sites excluding steroid dienone is 5. The molecule has 0 atom stereocenters. The van der Waals surface area contributed by atoms with Crippen LogP contribution in [0.4, 0.5) is 13.2 Å². The Balaban J connectivity index is 2.10. The fourth-order valence-corrected chi connectivity index (χ4v) is 2.44. The zero-order valence-corrected chi connectivity index (χ0v) is 11.2. The van der Waals surface area contributed by atoms with E-state index in [0.29, 0.717) is 12.4 Å². The first-order chi connectivity index (χ1) is 9.00. The van der Waals surface area contributed by atoms with Crippen LogP contribution >= 0.6 is 11.6 Å². The summed E-state index contributed by atoms with van der Waals surface area (Å²) < 4.78 is 38.4. The number of alkyl halides is 4. The van der Waals surface area contributed by atoms with Crippen molar-refractivity contribution in [2.24, 2.45) is 0 Å². The van der Waals surface area contributed by atoms with Crippen LogP contribution in [0, 0.1) is 0 Å². The van der Waals surface area contributed by atoms with Gasteiger partial charge in [0, 0.05) is 38.3 Å². The lowest BCUT2D eigenvalue weighted by Gasteiger charge is -2.36. The predicted octanol–water partition coefficient (Wildman–Crippen LogP) is 3.13. The van der Waals surface area contributed by atoms with Crippen LogP contribution in [0.2, 0.25) is 0 Å². The highest BCUT2D eigenvalue weighted by atomic mass is 35.5. The lowest BCUT2D eigenvalue weighted by Crippen LogP contribution is -2.45. The topological polar surface area (TPSA) is 6.48 Å². The van der Waals surface area contributed by atoms with E-state index < -0.39 is 11.7 Å². The monoisotopic (exact) mass is 292 g/mol. The van der Waals surface area contributed by atoms with Crippen LogP contribution in [-0.4, -0.2) is 48.2 Å². The van der Waals surface area contributed by atoms with Gasteiger partial charge in [0.05, 0.1) is 11.6 Å². The third kappa shape index (κ3) is 3.76. The van der Waals surface area contributed by atoms with Gasteiger partial charge in [-0.3, -0.25) is 4.90 Å². The molecule has 1 heterocycles. The van der Waals surface area contributed by atoms with E-state index in [-0.39, 0.29) is 0 Å². The number of piperazine rings is 1. The summed E-state index contributed by atoms with van der Waals surface area (Å²) in [4.78, 5) is 4.09. The normalized spacial score (nSPS) is 22.0. The number of hydrogen-bond acceptors (Lipinski definition) is 2. The minimum absolute atomic E-state index is 0.473. The molecule has 0 aromatic rings. The highest BCUT2D eigenvalue weighted by Gasteiger charge is 2.33. The summed E-state index contributed by atoms with van der Waals surface area (Å²) in [5, 5.41) is 0. The third-order valence-corrected chi connectivity index (χ3v) is 3.67. The fourth-order valence-electron chi connectivity index (χ4n) is 2.20. The quantitative estimate of drug-likeness (QED) is 0.570. The molecule has 1 aliphatic heterocycles. The molecule has 0 unspecified atom stereocenters. The van der Waals surface area contributed by atoms with Gasteiger partial charge in [-0.25, -0.2) is 0 Å². The summed E-state index contributed by atoms with van der Waals surface area (Å²) >= 11 is 5.75. The molecule has 0 bridgehead atoms. The van der Waals surface area contributed by atoms with Gasteiger partial charge in [-0.15, -0.1) is 11.6 Å². The maximum absolute atomic E-state index is 12.8. The van der Waals surface area contributed by atoms with Crippen LogP contribution in [0.3, 0.4) is 0 Å². The average Bonchev–Trinajstić information content (AvgIpc) is 2.64. The molecule has 0 aromatic carbocycles. The second-order valence-corrected chi connectivity index (χ2v) is 4.85. The Morgan fingerprint density at radius 2 is 1.84 bits per heavy atom. The number of nitrogens with zero attached hydrogens (tertiary/aromatic N) is 2. The molecular weight excluding hydrogens is 277 g/mol. The van der Waals surface area contributed by atoms with Crippen molar-refractivity contribution in [2.45, 2.75) is 12.6 Å². The Morgan fingerprint density at radius 1 is 1.16 bits per heavy atom. The summed E-state index contributed by atoms with van der Waals surface area (Å²) in [6, 6.07) is 0.473. The summed E-state index contributed by atoms with van der Waals surface area (Å²) in [6.07, 6.45) is 1.87. The highest BCUT2D eigenvalue weighted by Crippen LogP contribution is 2.30. The molecule has 1 fully saturated rings. The van der Waals surface area contributed by atoms with Crippen LogP contribution < -0.4 is 0 Å². The first-order valence-corrected chi connectivity index (χ1v) is 6.72. The zero-order valence-electron chi connectivity index (χ0n) is 10.5.